The Morgan fingerprint density at radius 3 is 2.32 bits per heavy atom. The third-order valence-corrected chi connectivity index (χ3v) is 5.87. The SMILES string of the molecule is COc1ccc(CCCNCCCS(=O)(=O)Nc2cccc(C(F)(F)F)c2)cc1OC. The van der Waals surface area contributed by atoms with Crippen LogP contribution in [-0.2, 0) is 22.6 Å². The van der Waals surface area contributed by atoms with Gasteiger partial charge in [-0.3, -0.25) is 4.72 Å². The molecule has 0 aromatic heterocycles. The highest BCUT2D eigenvalue weighted by molar-refractivity contribution is 7.92. The molecule has 10 heteroatoms. The van der Waals surface area contributed by atoms with Gasteiger partial charge in [-0.05, 0) is 68.2 Å². The number of aryl methyl sites for hydroxylation is 1. The van der Waals surface area contributed by atoms with Crippen LogP contribution in [-0.4, -0.2) is 41.5 Å². The molecule has 6 nitrogen and oxygen atoms in total. The summed E-state index contributed by atoms with van der Waals surface area (Å²) in [6.45, 7) is 1.19. The first-order chi connectivity index (χ1) is 14.6. The Balaban J connectivity index is 1.69. The van der Waals surface area contributed by atoms with Crippen LogP contribution in [0.2, 0.25) is 0 Å². The molecule has 2 N–H and O–H groups in total. The van der Waals surface area contributed by atoms with Crippen molar-refractivity contribution in [3.8, 4) is 11.5 Å². The van der Waals surface area contributed by atoms with Crippen molar-refractivity contribution in [1.82, 2.24) is 5.32 Å². The second-order valence-corrected chi connectivity index (χ2v) is 8.74. The molecular weight excluding hydrogens is 433 g/mol. The van der Waals surface area contributed by atoms with E-state index in [1.165, 1.54) is 12.1 Å². The minimum Gasteiger partial charge on any atom is -0.493 e. The summed E-state index contributed by atoms with van der Waals surface area (Å²) in [5, 5.41) is 3.18. The van der Waals surface area contributed by atoms with Crippen molar-refractivity contribution in [2.24, 2.45) is 0 Å². The topological polar surface area (TPSA) is 76.7 Å². The normalized spacial score (nSPS) is 11.9. The van der Waals surface area contributed by atoms with E-state index in [1.807, 2.05) is 18.2 Å². The fourth-order valence-corrected chi connectivity index (χ4v) is 4.07. The van der Waals surface area contributed by atoms with E-state index in [1.54, 1.807) is 14.2 Å². The maximum absolute atomic E-state index is 12.7. The number of methoxy groups -OCH3 is 2. The molecule has 0 unspecified atom stereocenters. The van der Waals surface area contributed by atoms with Crippen molar-refractivity contribution >= 4 is 15.7 Å². The third-order valence-electron chi connectivity index (χ3n) is 4.50. The predicted molar refractivity (Wildman–Crippen MR) is 114 cm³/mol. The molecular formula is C21H27F3N2O4S. The molecule has 0 aliphatic rings. The van der Waals surface area contributed by atoms with Gasteiger partial charge in [0.1, 0.15) is 0 Å². The van der Waals surface area contributed by atoms with Crippen molar-refractivity contribution in [3.05, 3.63) is 53.6 Å². The molecule has 2 aromatic carbocycles. The standard InChI is InChI=1S/C21H27F3N2O4S/c1-29-19-10-9-16(14-20(19)30-2)6-4-11-25-12-5-13-31(27,28)26-18-8-3-7-17(15-18)21(22,23)24/h3,7-10,14-15,25-26H,4-6,11-13H2,1-2H3. The van der Waals surface area contributed by atoms with Crippen molar-refractivity contribution in [2.45, 2.75) is 25.4 Å². The summed E-state index contributed by atoms with van der Waals surface area (Å²) in [6.07, 6.45) is -2.51. The molecule has 0 saturated carbocycles. The first-order valence-electron chi connectivity index (χ1n) is 9.74. The molecule has 0 heterocycles. The molecule has 0 saturated heterocycles. The lowest BCUT2D eigenvalue weighted by molar-refractivity contribution is -0.137. The molecule has 2 aromatic rings. The number of nitrogens with one attached hydrogen (secondary N) is 2. The lowest BCUT2D eigenvalue weighted by atomic mass is 10.1. The van der Waals surface area contributed by atoms with Gasteiger partial charge in [-0.25, -0.2) is 8.42 Å². The molecule has 2 rings (SSSR count). The van der Waals surface area contributed by atoms with E-state index in [4.69, 9.17) is 9.47 Å². The third kappa shape index (κ3) is 8.29. The quantitative estimate of drug-likeness (QED) is 0.467. The average Bonchev–Trinajstić information content (AvgIpc) is 2.72. The van der Waals surface area contributed by atoms with Gasteiger partial charge in [-0.15, -0.1) is 0 Å². The van der Waals surface area contributed by atoms with Crippen molar-refractivity contribution in [1.29, 1.82) is 0 Å². The number of alkyl halides is 3. The number of ether oxygens (including phenoxy) is 2. The van der Waals surface area contributed by atoms with Crippen LogP contribution in [0.1, 0.15) is 24.0 Å². The summed E-state index contributed by atoms with van der Waals surface area (Å²) in [6, 6.07) is 9.87. The summed E-state index contributed by atoms with van der Waals surface area (Å²) < 4.78 is 75.1. The van der Waals surface area contributed by atoms with Crippen LogP contribution in [0, 0.1) is 0 Å². The molecule has 0 bridgehead atoms. The first-order valence-corrected chi connectivity index (χ1v) is 11.4. The summed E-state index contributed by atoms with van der Waals surface area (Å²) in [5.41, 5.74) is 0.105. The lowest BCUT2D eigenvalue weighted by Gasteiger charge is -2.11. The van der Waals surface area contributed by atoms with Gasteiger partial charge in [-0.2, -0.15) is 13.2 Å². The number of sulfonamides is 1. The summed E-state index contributed by atoms with van der Waals surface area (Å²) in [7, 11) is -0.567. The van der Waals surface area contributed by atoms with Crippen molar-refractivity contribution < 1.29 is 31.1 Å². The molecule has 0 fully saturated rings. The number of anilines is 1. The van der Waals surface area contributed by atoms with Crippen LogP contribution in [0.15, 0.2) is 42.5 Å². The van der Waals surface area contributed by atoms with Gasteiger partial charge >= 0.3 is 6.18 Å². The highest BCUT2D eigenvalue weighted by atomic mass is 32.2. The lowest BCUT2D eigenvalue weighted by Crippen LogP contribution is -2.23. The summed E-state index contributed by atoms with van der Waals surface area (Å²) in [5.74, 6) is 1.15. The van der Waals surface area contributed by atoms with Gasteiger partial charge < -0.3 is 14.8 Å². The minimum absolute atomic E-state index is 0.0993. The average molecular weight is 461 g/mol. The fraction of sp³-hybridized carbons (Fsp3) is 0.429. The number of rotatable bonds is 12. The van der Waals surface area contributed by atoms with E-state index in [0.717, 1.165) is 30.5 Å². The molecule has 0 spiro atoms. The van der Waals surface area contributed by atoms with Gasteiger partial charge in [0.15, 0.2) is 11.5 Å². The second-order valence-electron chi connectivity index (χ2n) is 6.90. The maximum Gasteiger partial charge on any atom is 0.416 e. The Kier molecular flexibility index (Phi) is 9.00. The Bertz CT molecular complexity index is 950. The maximum atomic E-state index is 12.7. The fourth-order valence-electron chi connectivity index (χ4n) is 2.96. The van der Waals surface area contributed by atoms with Gasteiger partial charge in [0, 0.05) is 5.69 Å². The first kappa shape index (κ1) is 24.8. The van der Waals surface area contributed by atoms with Crippen LogP contribution >= 0.6 is 0 Å². The zero-order chi connectivity index (χ0) is 22.9. The van der Waals surface area contributed by atoms with E-state index in [2.05, 4.69) is 10.0 Å². The van der Waals surface area contributed by atoms with E-state index in [0.29, 0.717) is 31.0 Å². The van der Waals surface area contributed by atoms with Crippen molar-refractivity contribution in [2.75, 3.05) is 37.8 Å². The van der Waals surface area contributed by atoms with Crippen LogP contribution in [0.25, 0.3) is 0 Å². The van der Waals surface area contributed by atoms with Crippen molar-refractivity contribution in [3.63, 3.8) is 0 Å². The Morgan fingerprint density at radius 1 is 0.935 bits per heavy atom. The molecule has 172 valence electrons. The van der Waals surface area contributed by atoms with Crippen LogP contribution < -0.4 is 19.5 Å². The van der Waals surface area contributed by atoms with Gasteiger partial charge in [0.2, 0.25) is 10.0 Å². The van der Waals surface area contributed by atoms with E-state index >= 15 is 0 Å². The van der Waals surface area contributed by atoms with Crippen LogP contribution in [0.4, 0.5) is 18.9 Å². The largest absolute Gasteiger partial charge is 0.493 e. The highest BCUT2D eigenvalue weighted by Gasteiger charge is 2.30. The smallest absolute Gasteiger partial charge is 0.416 e. The van der Waals surface area contributed by atoms with E-state index in [-0.39, 0.29) is 11.4 Å². The second kappa shape index (κ2) is 11.2. The zero-order valence-corrected chi connectivity index (χ0v) is 18.3. The van der Waals surface area contributed by atoms with Gasteiger partial charge in [0.25, 0.3) is 0 Å². The molecule has 31 heavy (non-hydrogen) atoms. The summed E-state index contributed by atoms with van der Waals surface area (Å²) in [4.78, 5) is 0. The molecule has 0 aliphatic heterocycles. The Morgan fingerprint density at radius 2 is 1.65 bits per heavy atom. The number of halogens is 3. The summed E-state index contributed by atoms with van der Waals surface area (Å²) >= 11 is 0. The van der Waals surface area contributed by atoms with Crippen LogP contribution in [0.5, 0.6) is 11.5 Å². The molecule has 0 amide bonds. The van der Waals surface area contributed by atoms with Gasteiger partial charge in [0.05, 0.1) is 25.5 Å². The molecule has 0 atom stereocenters. The number of hydrogen-bond donors (Lipinski definition) is 2. The van der Waals surface area contributed by atoms with Gasteiger partial charge in [-0.1, -0.05) is 12.1 Å². The number of hydrogen-bond acceptors (Lipinski definition) is 5. The van der Waals surface area contributed by atoms with E-state index < -0.39 is 21.8 Å². The predicted octanol–water partition coefficient (Wildman–Crippen LogP) is 4.08. The number of benzene rings is 2. The Labute approximate surface area is 180 Å². The minimum atomic E-state index is -4.53. The van der Waals surface area contributed by atoms with E-state index in [9.17, 15) is 21.6 Å². The monoisotopic (exact) mass is 460 g/mol. The highest BCUT2D eigenvalue weighted by Crippen LogP contribution is 2.31. The molecule has 0 radical (unpaired) electrons. The Hall–Kier alpha value is -2.46. The van der Waals surface area contributed by atoms with Crippen LogP contribution in [0.3, 0.4) is 0 Å². The zero-order valence-electron chi connectivity index (χ0n) is 17.5. The molecule has 0 aliphatic carbocycles.